The van der Waals surface area contributed by atoms with Gasteiger partial charge >= 0.3 is 0 Å². The number of halogens is 1. The zero-order chi connectivity index (χ0) is 16.1. The summed E-state index contributed by atoms with van der Waals surface area (Å²) < 4.78 is 13.4. The van der Waals surface area contributed by atoms with E-state index in [4.69, 9.17) is 0 Å². The Morgan fingerprint density at radius 2 is 1.61 bits per heavy atom. The number of nitrogens with zero attached hydrogens (tertiary/aromatic N) is 2. The smallest absolute Gasteiger partial charge is 0.123 e. The summed E-state index contributed by atoms with van der Waals surface area (Å²) in [6.07, 6.45) is 2.26. The fraction of sp³-hybridized carbons (Fsp3) is 0.400. The lowest BCUT2D eigenvalue weighted by molar-refractivity contribution is 0.153. The molecule has 0 amide bonds. The molecule has 0 N–H and O–H groups in total. The Labute approximate surface area is 138 Å². The molecule has 1 fully saturated rings. The van der Waals surface area contributed by atoms with Crippen LogP contribution in [0, 0.1) is 5.82 Å². The predicted octanol–water partition coefficient (Wildman–Crippen LogP) is 3.67. The van der Waals surface area contributed by atoms with Gasteiger partial charge in [-0.15, -0.1) is 0 Å². The lowest BCUT2D eigenvalue weighted by atomic mass is 10.0. The highest BCUT2D eigenvalue weighted by Gasteiger charge is 2.12. The van der Waals surface area contributed by atoms with Gasteiger partial charge in [0, 0.05) is 26.2 Å². The summed E-state index contributed by atoms with van der Waals surface area (Å²) in [5, 5.41) is 0. The lowest BCUT2D eigenvalue weighted by Gasteiger charge is -2.32. The number of rotatable bonds is 5. The van der Waals surface area contributed by atoms with Crippen LogP contribution in [0.2, 0.25) is 0 Å². The molecule has 0 spiro atoms. The predicted molar refractivity (Wildman–Crippen MR) is 94.1 cm³/mol. The van der Waals surface area contributed by atoms with Crippen molar-refractivity contribution >= 4 is 0 Å². The van der Waals surface area contributed by atoms with Gasteiger partial charge in [-0.05, 0) is 55.3 Å². The fourth-order valence-corrected chi connectivity index (χ4v) is 3.15. The number of piperazine rings is 1. The molecule has 0 saturated carbocycles. The second-order valence-electron chi connectivity index (χ2n) is 6.46. The Bertz CT molecular complexity index is 633. The average Bonchev–Trinajstić information content (AvgIpc) is 2.57. The minimum atomic E-state index is -0.178. The Morgan fingerprint density at radius 3 is 2.35 bits per heavy atom. The number of likely N-dealkylation sites (N-methyl/N-ethyl adjacent to an activating group) is 1. The summed E-state index contributed by atoms with van der Waals surface area (Å²) in [5.74, 6) is -0.178. The molecule has 0 aliphatic carbocycles. The Balaban J connectivity index is 1.56. The lowest BCUT2D eigenvalue weighted by Crippen LogP contribution is -2.44. The van der Waals surface area contributed by atoms with Gasteiger partial charge in [-0.3, -0.25) is 0 Å². The van der Waals surface area contributed by atoms with Crippen molar-refractivity contribution < 1.29 is 4.39 Å². The van der Waals surface area contributed by atoms with E-state index in [0.717, 1.165) is 24.1 Å². The van der Waals surface area contributed by atoms with Gasteiger partial charge in [0.1, 0.15) is 5.82 Å². The van der Waals surface area contributed by atoms with E-state index in [0.29, 0.717) is 0 Å². The van der Waals surface area contributed by atoms with Crippen LogP contribution in [-0.4, -0.2) is 49.6 Å². The minimum Gasteiger partial charge on any atom is -0.304 e. The first-order chi connectivity index (χ1) is 11.2. The molecule has 0 radical (unpaired) electrons. The second-order valence-corrected chi connectivity index (χ2v) is 6.46. The Morgan fingerprint density at radius 1 is 0.913 bits per heavy atom. The van der Waals surface area contributed by atoms with E-state index < -0.39 is 0 Å². The summed E-state index contributed by atoms with van der Waals surface area (Å²) in [5.41, 5.74) is 3.38. The maximum Gasteiger partial charge on any atom is 0.123 e. The molecule has 122 valence electrons. The van der Waals surface area contributed by atoms with Crippen LogP contribution in [0.5, 0.6) is 0 Å². The van der Waals surface area contributed by atoms with Gasteiger partial charge in [-0.2, -0.15) is 0 Å². The third-order valence-corrected chi connectivity index (χ3v) is 4.62. The molecule has 1 saturated heterocycles. The van der Waals surface area contributed by atoms with Crippen molar-refractivity contribution in [3.05, 3.63) is 59.9 Å². The number of benzene rings is 2. The molecule has 1 heterocycles. The molecule has 0 bridgehead atoms. The minimum absolute atomic E-state index is 0.178. The van der Waals surface area contributed by atoms with Crippen molar-refractivity contribution in [2.24, 2.45) is 0 Å². The molecule has 1 aliphatic heterocycles. The number of hydrogen-bond acceptors (Lipinski definition) is 2. The van der Waals surface area contributed by atoms with Crippen LogP contribution in [0.15, 0.2) is 48.5 Å². The Hall–Kier alpha value is -1.71. The van der Waals surface area contributed by atoms with Gasteiger partial charge in [-0.25, -0.2) is 4.39 Å². The monoisotopic (exact) mass is 312 g/mol. The zero-order valence-electron chi connectivity index (χ0n) is 13.8. The van der Waals surface area contributed by atoms with Crippen molar-refractivity contribution in [1.29, 1.82) is 0 Å². The summed E-state index contributed by atoms with van der Waals surface area (Å²) in [6.45, 7) is 5.88. The number of hydrogen-bond donors (Lipinski definition) is 0. The standard InChI is InChI=1S/C20H25FN2/c1-22-11-13-23(14-12-22)10-4-6-17-5-2-7-18(15-17)19-8-3-9-20(21)16-19/h2-3,5,7-9,15-16H,4,6,10-14H2,1H3. The molecular formula is C20H25FN2. The van der Waals surface area contributed by atoms with Gasteiger partial charge in [0.15, 0.2) is 0 Å². The highest BCUT2D eigenvalue weighted by molar-refractivity contribution is 5.64. The van der Waals surface area contributed by atoms with E-state index in [9.17, 15) is 4.39 Å². The van der Waals surface area contributed by atoms with E-state index in [1.54, 1.807) is 12.1 Å². The maximum atomic E-state index is 13.4. The first kappa shape index (κ1) is 16.2. The molecule has 2 aromatic rings. The number of aryl methyl sites for hydroxylation is 1. The molecule has 1 aliphatic rings. The molecule has 0 unspecified atom stereocenters. The largest absolute Gasteiger partial charge is 0.304 e. The summed E-state index contributed by atoms with van der Waals surface area (Å²) in [6, 6.07) is 15.3. The van der Waals surface area contributed by atoms with E-state index in [1.165, 1.54) is 44.2 Å². The SMILES string of the molecule is CN1CCN(CCCc2cccc(-c3cccc(F)c3)c2)CC1. The van der Waals surface area contributed by atoms with Crippen LogP contribution in [0.3, 0.4) is 0 Å². The molecule has 2 nitrogen and oxygen atoms in total. The first-order valence-electron chi connectivity index (χ1n) is 8.46. The van der Waals surface area contributed by atoms with Crippen molar-refractivity contribution in [3.63, 3.8) is 0 Å². The third-order valence-electron chi connectivity index (χ3n) is 4.62. The zero-order valence-corrected chi connectivity index (χ0v) is 13.8. The van der Waals surface area contributed by atoms with Crippen molar-refractivity contribution in [3.8, 4) is 11.1 Å². The van der Waals surface area contributed by atoms with Crippen LogP contribution in [0.25, 0.3) is 11.1 Å². The van der Waals surface area contributed by atoms with E-state index >= 15 is 0 Å². The highest BCUT2D eigenvalue weighted by atomic mass is 19.1. The van der Waals surface area contributed by atoms with Gasteiger partial charge in [0.25, 0.3) is 0 Å². The van der Waals surface area contributed by atoms with Gasteiger partial charge < -0.3 is 9.80 Å². The molecule has 23 heavy (non-hydrogen) atoms. The molecule has 0 aromatic heterocycles. The van der Waals surface area contributed by atoms with Crippen molar-refractivity contribution in [2.75, 3.05) is 39.8 Å². The van der Waals surface area contributed by atoms with Crippen LogP contribution in [0.1, 0.15) is 12.0 Å². The molecule has 3 rings (SSSR count). The van der Waals surface area contributed by atoms with Gasteiger partial charge in [0.2, 0.25) is 0 Å². The molecule has 3 heteroatoms. The summed E-state index contributed by atoms with van der Waals surface area (Å²) in [4.78, 5) is 4.94. The summed E-state index contributed by atoms with van der Waals surface area (Å²) >= 11 is 0. The van der Waals surface area contributed by atoms with E-state index in [2.05, 4.69) is 41.1 Å². The fourth-order valence-electron chi connectivity index (χ4n) is 3.15. The summed E-state index contributed by atoms with van der Waals surface area (Å²) in [7, 11) is 2.19. The van der Waals surface area contributed by atoms with Crippen molar-refractivity contribution in [1.82, 2.24) is 9.80 Å². The second kappa shape index (κ2) is 7.71. The normalized spacial score (nSPS) is 16.6. The molecule has 2 aromatic carbocycles. The van der Waals surface area contributed by atoms with Crippen LogP contribution in [-0.2, 0) is 6.42 Å². The molecular weight excluding hydrogens is 287 g/mol. The van der Waals surface area contributed by atoms with Crippen LogP contribution in [0.4, 0.5) is 4.39 Å². The third kappa shape index (κ3) is 4.63. The molecule has 0 atom stereocenters. The van der Waals surface area contributed by atoms with Gasteiger partial charge in [-0.1, -0.05) is 36.4 Å². The maximum absolute atomic E-state index is 13.4. The topological polar surface area (TPSA) is 6.48 Å². The van der Waals surface area contributed by atoms with Crippen molar-refractivity contribution in [2.45, 2.75) is 12.8 Å². The van der Waals surface area contributed by atoms with E-state index in [1.807, 2.05) is 6.07 Å². The van der Waals surface area contributed by atoms with Crippen LogP contribution < -0.4 is 0 Å². The first-order valence-corrected chi connectivity index (χ1v) is 8.46. The average molecular weight is 312 g/mol. The Kier molecular flexibility index (Phi) is 5.42. The van der Waals surface area contributed by atoms with E-state index in [-0.39, 0.29) is 5.82 Å². The van der Waals surface area contributed by atoms with Crippen LogP contribution >= 0.6 is 0 Å². The quantitative estimate of drug-likeness (QED) is 0.831. The van der Waals surface area contributed by atoms with Gasteiger partial charge in [0.05, 0.1) is 0 Å². The highest BCUT2D eigenvalue weighted by Crippen LogP contribution is 2.21.